The topological polar surface area (TPSA) is 72.2 Å². The molecule has 1 aromatic rings. The fourth-order valence-corrected chi connectivity index (χ4v) is 4.27. The van der Waals surface area contributed by atoms with Crippen molar-refractivity contribution in [2.75, 3.05) is 0 Å². The zero-order valence-electron chi connectivity index (χ0n) is 11.6. The van der Waals surface area contributed by atoms with Crippen LogP contribution >= 0.6 is 12.2 Å². The normalized spacial score (nSPS) is 17.1. The van der Waals surface area contributed by atoms with Crippen LogP contribution in [0, 0.1) is 6.92 Å². The Morgan fingerprint density at radius 1 is 1.30 bits per heavy atom. The molecule has 1 aliphatic carbocycles. The number of sulfonamides is 1. The van der Waals surface area contributed by atoms with E-state index >= 15 is 0 Å². The molecule has 0 spiro atoms. The molecule has 1 aromatic carbocycles. The Labute approximate surface area is 125 Å². The fraction of sp³-hybridized carbons (Fsp3) is 0.500. The molecule has 0 aliphatic heterocycles. The van der Waals surface area contributed by atoms with E-state index in [-0.39, 0.29) is 11.0 Å². The minimum atomic E-state index is -3.47. The van der Waals surface area contributed by atoms with Crippen molar-refractivity contribution in [1.82, 2.24) is 4.72 Å². The molecule has 1 fully saturated rings. The summed E-state index contributed by atoms with van der Waals surface area (Å²) in [4.78, 5) is 0.584. The van der Waals surface area contributed by atoms with Gasteiger partial charge in [-0.05, 0) is 37.5 Å². The second kappa shape index (κ2) is 6.20. The summed E-state index contributed by atoms with van der Waals surface area (Å²) in [6.07, 6.45) is 5.21. The Kier molecular flexibility index (Phi) is 4.78. The van der Waals surface area contributed by atoms with E-state index in [1.807, 2.05) is 0 Å². The Bertz CT molecular complexity index is 606. The molecule has 0 unspecified atom stereocenters. The first-order chi connectivity index (χ1) is 9.40. The van der Waals surface area contributed by atoms with Gasteiger partial charge in [-0.1, -0.05) is 37.5 Å². The number of nitrogens with one attached hydrogen (secondary N) is 1. The number of rotatable bonds is 4. The van der Waals surface area contributed by atoms with Crippen LogP contribution in [0.1, 0.15) is 43.2 Å². The van der Waals surface area contributed by atoms with Crippen molar-refractivity contribution >= 4 is 27.2 Å². The van der Waals surface area contributed by atoms with Crippen molar-refractivity contribution in [1.29, 1.82) is 0 Å². The summed E-state index contributed by atoms with van der Waals surface area (Å²) in [5.41, 5.74) is 6.91. The van der Waals surface area contributed by atoms with Crippen LogP contribution < -0.4 is 10.5 Å². The minimum absolute atomic E-state index is 0.0587. The van der Waals surface area contributed by atoms with Crippen molar-refractivity contribution in [3.05, 3.63) is 29.3 Å². The molecule has 0 bridgehead atoms. The van der Waals surface area contributed by atoms with E-state index in [2.05, 4.69) is 4.72 Å². The van der Waals surface area contributed by atoms with Gasteiger partial charge in [-0.3, -0.25) is 0 Å². The Morgan fingerprint density at radius 2 is 1.95 bits per heavy atom. The molecule has 0 heterocycles. The lowest BCUT2D eigenvalue weighted by molar-refractivity contribution is 0.412. The highest BCUT2D eigenvalue weighted by molar-refractivity contribution is 7.89. The van der Waals surface area contributed by atoms with Gasteiger partial charge in [-0.2, -0.15) is 0 Å². The van der Waals surface area contributed by atoms with E-state index in [0.717, 1.165) is 25.7 Å². The van der Waals surface area contributed by atoms with Crippen LogP contribution in [0.25, 0.3) is 0 Å². The third-order valence-corrected chi connectivity index (χ3v) is 5.59. The van der Waals surface area contributed by atoms with Gasteiger partial charge in [0.1, 0.15) is 4.99 Å². The summed E-state index contributed by atoms with van der Waals surface area (Å²) in [5.74, 6) is 0. The lowest BCUT2D eigenvalue weighted by Gasteiger charge is -2.23. The molecule has 1 saturated carbocycles. The van der Waals surface area contributed by atoms with Crippen LogP contribution in [0.5, 0.6) is 0 Å². The quantitative estimate of drug-likeness (QED) is 0.836. The number of hydrogen-bond donors (Lipinski definition) is 2. The highest BCUT2D eigenvalue weighted by Gasteiger charge is 2.23. The number of benzene rings is 1. The van der Waals surface area contributed by atoms with Crippen molar-refractivity contribution in [2.45, 2.75) is 50.0 Å². The molecule has 4 nitrogen and oxygen atoms in total. The average Bonchev–Trinajstić information content (AvgIpc) is 2.38. The molecule has 0 radical (unpaired) electrons. The van der Waals surface area contributed by atoms with Crippen LogP contribution in [-0.4, -0.2) is 19.4 Å². The summed E-state index contributed by atoms with van der Waals surface area (Å²) in [5, 5.41) is 0. The highest BCUT2D eigenvalue weighted by atomic mass is 32.2. The van der Waals surface area contributed by atoms with Gasteiger partial charge in [-0.25, -0.2) is 13.1 Å². The molecular formula is C14H20N2O2S2. The third kappa shape index (κ3) is 3.56. The summed E-state index contributed by atoms with van der Waals surface area (Å²) >= 11 is 4.90. The smallest absolute Gasteiger partial charge is 0.241 e. The predicted octanol–water partition coefficient (Wildman–Crippen LogP) is 2.24. The largest absolute Gasteiger partial charge is 0.389 e. The Balaban J connectivity index is 2.22. The molecule has 1 aliphatic rings. The van der Waals surface area contributed by atoms with Crippen LogP contribution in [0.4, 0.5) is 0 Å². The first-order valence-electron chi connectivity index (χ1n) is 6.83. The highest BCUT2D eigenvalue weighted by Crippen LogP contribution is 2.22. The molecule has 110 valence electrons. The van der Waals surface area contributed by atoms with Crippen molar-refractivity contribution in [3.8, 4) is 0 Å². The van der Waals surface area contributed by atoms with Gasteiger partial charge in [0.15, 0.2) is 0 Å². The van der Waals surface area contributed by atoms with E-state index in [9.17, 15) is 8.42 Å². The summed E-state index contributed by atoms with van der Waals surface area (Å²) in [7, 11) is -3.47. The molecule has 6 heteroatoms. The van der Waals surface area contributed by atoms with Gasteiger partial charge in [-0.15, -0.1) is 0 Å². The summed E-state index contributed by atoms with van der Waals surface area (Å²) in [6.45, 7) is 1.76. The van der Waals surface area contributed by atoms with Gasteiger partial charge < -0.3 is 5.73 Å². The van der Waals surface area contributed by atoms with Crippen LogP contribution in [-0.2, 0) is 10.0 Å². The predicted molar refractivity (Wildman–Crippen MR) is 84.3 cm³/mol. The molecule has 20 heavy (non-hydrogen) atoms. The first kappa shape index (κ1) is 15.4. The van der Waals surface area contributed by atoms with Crippen molar-refractivity contribution in [3.63, 3.8) is 0 Å². The van der Waals surface area contributed by atoms with E-state index in [1.54, 1.807) is 25.1 Å². The molecule has 3 N–H and O–H groups in total. The van der Waals surface area contributed by atoms with Gasteiger partial charge in [0.25, 0.3) is 0 Å². The summed E-state index contributed by atoms with van der Waals surface area (Å²) < 4.78 is 27.7. The zero-order valence-corrected chi connectivity index (χ0v) is 13.2. The van der Waals surface area contributed by atoms with E-state index in [4.69, 9.17) is 18.0 Å². The van der Waals surface area contributed by atoms with Gasteiger partial charge in [0.05, 0.1) is 4.90 Å². The lowest BCUT2D eigenvalue weighted by Crippen LogP contribution is -2.36. The van der Waals surface area contributed by atoms with Crippen LogP contribution in [0.15, 0.2) is 23.1 Å². The maximum Gasteiger partial charge on any atom is 0.241 e. The maximum atomic E-state index is 12.4. The van der Waals surface area contributed by atoms with Gasteiger partial charge in [0.2, 0.25) is 10.0 Å². The molecule has 2 rings (SSSR count). The van der Waals surface area contributed by atoms with Crippen LogP contribution in [0.3, 0.4) is 0 Å². The number of thiocarbonyl (C=S) groups is 1. The SMILES string of the molecule is Cc1cc(C(N)=S)ccc1S(=O)(=O)NC1CCCCC1. The van der Waals surface area contributed by atoms with Gasteiger partial charge >= 0.3 is 0 Å². The lowest BCUT2D eigenvalue weighted by atomic mass is 9.96. The standard InChI is InChI=1S/C14H20N2O2S2/c1-10-9-11(14(15)19)7-8-13(10)20(17,18)16-12-5-3-2-4-6-12/h7-9,12,16H,2-6H2,1H3,(H2,15,19). The molecule has 0 saturated heterocycles. The van der Waals surface area contributed by atoms with E-state index < -0.39 is 10.0 Å². The molecular weight excluding hydrogens is 292 g/mol. The second-order valence-electron chi connectivity index (χ2n) is 5.30. The number of nitrogens with two attached hydrogens (primary N) is 1. The van der Waals surface area contributed by atoms with E-state index in [1.165, 1.54) is 6.42 Å². The zero-order chi connectivity index (χ0) is 14.8. The monoisotopic (exact) mass is 312 g/mol. The second-order valence-corrected chi connectivity index (χ2v) is 7.42. The third-order valence-electron chi connectivity index (χ3n) is 3.68. The molecule has 0 aromatic heterocycles. The number of hydrogen-bond acceptors (Lipinski definition) is 3. The number of aryl methyl sites for hydroxylation is 1. The molecule has 0 atom stereocenters. The summed E-state index contributed by atoms with van der Waals surface area (Å²) in [6, 6.07) is 5.01. The fourth-order valence-electron chi connectivity index (χ4n) is 2.61. The van der Waals surface area contributed by atoms with Crippen LogP contribution in [0.2, 0.25) is 0 Å². The van der Waals surface area contributed by atoms with Gasteiger partial charge in [0, 0.05) is 11.6 Å². The Hall–Kier alpha value is -0.980. The van der Waals surface area contributed by atoms with Crippen molar-refractivity contribution in [2.24, 2.45) is 5.73 Å². The Morgan fingerprint density at radius 3 is 2.50 bits per heavy atom. The van der Waals surface area contributed by atoms with Crippen molar-refractivity contribution < 1.29 is 8.42 Å². The van der Waals surface area contributed by atoms with E-state index in [0.29, 0.717) is 16.0 Å². The average molecular weight is 312 g/mol. The minimum Gasteiger partial charge on any atom is -0.389 e. The maximum absolute atomic E-state index is 12.4. The first-order valence-corrected chi connectivity index (χ1v) is 8.72. The molecule has 0 amide bonds.